The molecule has 0 bridgehead atoms. The summed E-state index contributed by atoms with van der Waals surface area (Å²) < 4.78 is 48.6. The fraction of sp³-hybridized carbons (Fsp3) is 0.319. The molecule has 0 saturated carbocycles. The van der Waals surface area contributed by atoms with E-state index in [1.54, 1.807) is 18.2 Å². The van der Waals surface area contributed by atoms with E-state index in [1.165, 1.54) is 36.7 Å². The summed E-state index contributed by atoms with van der Waals surface area (Å²) in [6, 6.07) is 35.8. The Kier molecular flexibility index (Phi) is 23.3. The van der Waals surface area contributed by atoms with Gasteiger partial charge in [-0.1, -0.05) is 99.3 Å². The summed E-state index contributed by atoms with van der Waals surface area (Å²) in [4.78, 5) is 27.8. The summed E-state index contributed by atoms with van der Waals surface area (Å²) in [6.45, 7) is 17.3. The second-order valence-electron chi connectivity index (χ2n) is 26.2. The Labute approximate surface area is 592 Å². The number of fused-ring (bicyclic) bond motifs is 2. The van der Waals surface area contributed by atoms with Crippen molar-refractivity contribution in [2.24, 2.45) is 0 Å². The minimum absolute atomic E-state index is 0.0428. The van der Waals surface area contributed by atoms with Gasteiger partial charge in [0, 0.05) is 102 Å². The van der Waals surface area contributed by atoms with E-state index in [1.807, 2.05) is 95.5 Å². The van der Waals surface area contributed by atoms with E-state index < -0.39 is 32.5 Å². The van der Waals surface area contributed by atoms with Gasteiger partial charge in [0.2, 0.25) is 0 Å². The average molecular weight is 1450 g/mol. The van der Waals surface area contributed by atoms with E-state index in [4.69, 9.17) is 59.2 Å². The Morgan fingerprint density at radius 1 is 0.643 bits per heavy atom. The van der Waals surface area contributed by atoms with Gasteiger partial charge >= 0.3 is 22.5 Å². The van der Waals surface area contributed by atoms with E-state index in [2.05, 4.69) is 105 Å². The predicted molar refractivity (Wildman–Crippen MR) is 373 cm³/mol. The third kappa shape index (κ3) is 16.8. The van der Waals surface area contributed by atoms with Crippen molar-refractivity contribution in [3.8, 4) is 12.1 Å². The van der Waals surface area contributed by atoms with E-state index in [-0.39, 0.29) is 51.3 Å². The number of nitrogens with one attached hydrogen (secondary N) is 2. The molecule has 2 saturated heterocycles. The number of pyridine rings is 2. The number of rotatable bonds is 16. The molecular weight excluding hydrogens is 1370 g/mol. The average Bonchev–Trinajstić information content (AvgIpc) is 0.917. The maximum atomic E-state index is 13.9. The van der Waals surface area contributed by atoms with Crippen LogP contribution in [0.1, 0.15) is 146 Å². The molecule has 12 rings (SSSR count). The summed E-state index contributed by atoms with van der Waals surface area (Å²) in [5.41, 5.74) is 10.1. The van der Waals surface area contributed by atoms with Gasteiger partial charge in [0.05, 0.1) is 90.2 Å². The topological polar surface area (TPSA) is 240 Å². The summed E-state index contributed by atoms with van der Waals surface area (Å²) in [5.74, 6) is -1.33. The van der Waals surface area contributed by atoms with Crippen molar-refractivity contribution in [2.75, 3.05) is 48.8 Å². The van der Waals surface area contributed by atoms with Gasteiger partial charge in [0.15, 0.2) is 0 Å². The molecular formula is C72H71Cl4F2MnN15O4. The van der Waals surface area contributed by atoms with Crippen LogP contribution < -0.4 is 15.5 Å². The number of halogens is 6. The van der Waals surface area contributed by atoms with Gasteiger partial charge in [-0.3, -0.25) is 24.6 Å². The number of nitriles is 2. The number of aliphatic hydroxyl groups is 1. The van der Waals surface area contributed by atoms with Crippen LogP contribution in [-0.2, 0) is 35.5 Å². The Morgan fingerprint density at radius 3 is 1.63 bits per heavy atom. The van der Waals surface area contributed by atoms with Gasteiger partial charge in [-0.2, -0.15) is 10.5 Å². The maximum absolute atomic E-state index is 13.9. The molecule has 10 aromatic rings. The Morgan fingerprint density at radius 2 is 1.13 bits per heavy atom. The monoisotopic (exact) mass is 1440 g/mol. The van der Waals surface area contributed by atoms with Crippen LogP contribution in [-0.4, -0.2) is 105 Å². The van der Waals surface area contributed by atoms with Gasteiger partial charge in [0.1, 0.15) is 35.8 Å². The van der Waals surface area contributed by atoms with Crippen LogP contribution in [0.5, 0.6) is 0 Å². The van der Waals surface area contributed by atoms with Gasteiger partial charge in [-0.25, -0.2) is 18.1 Å². The van der Waals surface area contributed by atoms with Gasteiger partial charge in [-0.05, 0) is 163 Å². The summed E-state index contributed by atoms with van der Waals surface area (Å²) in [5, 5.41) is 56.9. The third-order valence-electron chi connectivity index (χ3n) is 17.9. The molecule has 0 spiro atoms. The summed E-state index contributed by atoms with van der Waals surface area (Å²) >= 11 is 24.4. The molecule has 98 heavy (non-hydrogen) atoms. The van der Waals surface area contributed by atoms with Crippen LogP contribution in [0.2, 0.25) is 20.1 Å². The third-order valence-corrected chi connectivity index (χ3v) is 19.1. The number of likely N-dealkylation sites (tertiary alicyclic amines) is 2. The zero-order valence-corrected chi connectivity index (χ0v) is 59.0. The summed E-state index contributed by atoms with van der Waals surface area (Å²) in [6.07, 6.45) is 12.2. The normalized spacial score (nSPS) is 14.7. The Hall–Kier alpha value is -8.51. The molecule has 0 amide bonds. The van der Waals surface area contributed by atoms with E-state index in [0.717, 1.165) is 97.5 Å². The Bertz CT molecular complexity index is 4680. The first-order chi connectivity index (χ1) is 46.9. The number of hydrogen-bond donors (Lipinski definition) is 3. The van der Waals surface area contributed by atoms with Crippen molar-refractivity contribution in [1.29, 1.82) is 10.5 Å². The molecule has 4 aromatic heterocycles. The zero-order chi connectivity index (χ0) is 70.2. The zero-order valence-electron chi connectivity index (χ0n) is 54.8. The second kappa shape index (κ2) is 31.6. The number of anilines is 5. The number of aromatic nitrogens is 8. The molecule has 6 aromatic carbocycles. The summed E-state index contributed by atoms with van der Waals surface area (Å²) in [7, 11) is 1.95. The number of carbonyl (C=O) groups is 1. The van der Waals surface area contributed by atoms with E-state index in [0.29, 0.717) is 72.1 Å². The van der Waals surface area contributed by atoms with Crippen LogP contribution >= 0.6 is 46.4 Å². The van der Waals surface area contributed by atoms with E-state index in [9.17, 15) is 29.2 Å². The van der Waals surface area contributed by atoms with E-state index >= 15 is 0 Å². The van der Waals surface area contributed by atoms with Crippen LogP contribution in [0.3, 0.4) is 0 Å². The van der Waals surface area contributed by atoms with Gasteiger partial charge < -0.3 is 20.6 Å². The first kappa shape index (κ1) is 72.2. The van der Waals surface area contributed by atoms with Crippen molar-refractivity contribution in [3.63, 3.8) is 0 Å². The molecule has 3 N–H and O–H groups in total. The van der Waals surface area contributed by atoms with Crippen molar-refractivity contribution in [1.82, 2.24) is 49.8 Å². The van der Waals surface area contributed by atoms with Crippen molar-refractivity contribution in [3.05, 3.63) is 216 Å². The number of benzene rings is 6. The number of aliphatic hydroxyl groups excluding tert-OH is 1. The molecule has 0 unspecified atom stereocenters. The fourth-order valence-electron chi connectivity index (χ4n) is 12.7. The van der Waals surface area contributed by atoms with Crippen LogP contribution in [0.4, 0.5) is 37.2 Å². The number of carbonyl (C=O) groups excluding carboxylic acids is 1. The van der Waals surface area contributed by atoms with Crippen LogP contribution in [0.25, 0.3) is 21.8 Å². The van der Waals surface area contributed by atoms with Gasteiger partial charge in [-0.15, -0.1) is 10.2 Å². The Balaban J connectivity index is 0.000000204. The van der Waals surface area contributed by atoms with Crippen molar-refractivity contribution >= 4 is 103 Å². The molecule has 6 heterocycles. The second-order valence-corrected chi connectivity index (χ2v) is 28.0. The molecule has 0 radical (unpaired) electrons. The number of hydrogen-bond acceptors (Lipinski definition) is 17. The minimum atomic E-state index is -1.44. The number of nitrogens with zero attached hydrogens (tertiary/aromatic N) is 13. The SMILES string of the molecule is CC(C)(C)N1CCC(n2cc([C@@H](Cc3cc(Cl)c4ncc(C#N)c(Nc5ccc(F)c(Cl)c5)c4c3)c3cccc(C=O)c3)nn2)CC1.CN(c1cc(Cl)c2ncc(C#N)c(Nc3ccc(F)c(Cl)c3)c2c1)[C@@H](c1cccc(CO)c1)c1cn(C2CCN(C(C)(C)C)CC2)nn1.[O]=[Mn]=[O]. The van der Waals surface area contributed by atoms with Crippen molar-refractivity contribution < 1.29 is 41.2 Å². The molecule has 19 nitrogen and oxygen atoms in total. The predicted octanol–water partition coefficient (Wildman–Crippen LogP) is 16.3. The quantitative estimate of drug-likeness (QED) is 0.0602. The standard InChI is InChI=1S/C36H37Cl2FN8O.C36H34Cl2FN7O.Mn.2O/c1-36(2,3)46-12-10-26(11-13-46)47-20-32(43-44-47)35(23-7-5-6-22(14-23)21-48)45(4)27-16-28-33(42-25-8-9-31(39)29(37)15-25)24(18-40)19-41-34(28)30(38)17-27;1-36(2,3)45-11-9-27(10-12-45)46-20-33(43-44-46)28(24-6-4-5-22(13-24)21-47)14-23-15-29-34(42-26-7-8-32(39)30(37)17-26)25(18-40)19-41-35(29)31(38)16-23;;;/h5-9,14-17,19-20,26,35,48H,10-13,21H2,1-4H3,(H,41,42);4-8,13,15-17,19-21,27-28H,9-12,14H2,1-3H3,(H,41,42);;;/t35-;28-;;;/m00.../s1. The first-order valence-corrected chi connectivity index (χ1v) is 34.1. The molecule has 26 heteroatoms. The van der Waals surface area contributed by atoms with Gasteiger partial charge in [0.25, 0.3) is 0 Å². The number of piperidine rings is 2. The van der Waals surface area contributed by atoms with Crippen LogP contribution in [0, 0.1) is 34.3 Å². The van der Waals surface area contributed by atoms with Crippen molar-refractivity contribution in [2.45, 2.75) is 115 Å². The molecule has 507 valence electrons. The molecule has 2 aliphatic heterocycles. The van der Waals surface area contributed by atoms with Crippen LogP contribution in [0.15, 0.2) is 134 Å². The molecule has 2 fully saturated rings. The molecule has 0 aliphatic carbocycles. The molecule has 2 atom stereocenters. The number of aldehydes is 1. The molecule has 2 aliphatic rings. The fourth-order valence-corrected chi connectivity index (χ4v) is 13.6. The first-order valence-electron chi connectivity index (χ1n) is 31.6.